The largest absolute Gasteiger partial charge is 0.309 e. The van der Waals surface area contributed by atoms with Gasteiger partial charge in [0, 0.05) is 55.0 Å². The maximum absolute atomic E-state index is 5.05. The molecule has 0 aliphatic heterocycles. The second-order valence-corrected chi connectivity index (χ2v) is 13.6. The highest BCUT2D eigenvalue weighted by atomic mass is 15.0. The topological polar surface area (TPSA) is 48.5 Å². The summed E-state index contributed by atoms with van der Waals surface area (Å²) in [7, 11) is 0. The van der Waals surface area contributed by atoms with Crippen LogP contribution in [0, 0.1) is 0 Å². The summed E-state index contributed by atoms with van der Waals surface area (Å²) in [5, 5.41) is 7.48. The molecule has 0 saturated carbocycles. The number of fused-ring (bicyclic) bond motifs is 8. The van der Waals surface area contributed by atoms with E-state index in [0.717, 1.165) is 46.3 Å². The highest BCUT2D eigenvalue weighted by Crippen LogP contribution is 2.42. The van der Waals surface area contributed by atoms with Gasteiger partial charge >= 0.3 is 0 Å². The van der Waals surface area contributed by atoms with Gasteiger partial charge in [-0.3, -0.25) is 0 Å². The van der Waals surface area contributed by atoms with Crippen molar-refractivity contribution in [2.24, 2.45) is 0 Å². The lowest BCUT2D eigenvalue weighted by Crippen LogP contribution is -2.03. The molecule has 52 heavy (non-hydrogen) atoms. The number of benzene rings is 6. The smallest absolute Gasteiger partial charge is 0.164 e. The van der Waals surface area contributed by atoms with E-state index in [4.69, 9.17) is 15.0 Å². The van der Waals surface area contributed by atoms with Crippen molar-refractivity contribution in [2.75, 3.05) is 0 Å². The molecule has 0 amide bonds. The first-order valence-corrected chi connectivity index (χ1v) is 17.8. The minimum atomic E-state index is 0.661. The Morgan fingerprint density at radius 1 is 0.500 bits per heavy atom. The lowest BCUT2D eigenvalue weighted by Gasteiger charge is -2.12. The van der Waals surface area contributed by atoms with Crippen molar-refractivity contribution in [3.63, 3.8) is 0 Å². The monoisotopic (exact) mass is 665 g/mol. The Kier molecular flexibility index (Phi) is 6.31. The standard InChI is InChI=1S/C47H31N5/c1-2-14-31(15-3-1)45-48-46(32-16-4-5-17-32)50-47(49-45)33-18-12-21-35(27-33)51-41-24-11-10-23-37(41)39-28-40-38-26-25-30-13-6-9-22-36(30)44(38)52(34-19-7-8-20-34)43(40)29-42(39)51/h1-7,9-16,18-29H,8,17H2. The molecule has 0 atom stereocenters. The van der Waals surface area contributed by atoms with Gasteiger partial charge in [0.1, 0.15) is 0 Å². The lowest BCUT2D eigenvalue weighted by molar-refractivity contribution is 1.03. The van der Waals surface area contributed by atoms with E-state index in [1.54, 1.807) is 0 Å². The average molecular weight is 666 g/mol. The van der Waals surface area contributed by atoms with Crippen molar-refractivity contribution in [3.8, 4) is 28.5 Å². The molecule has 0 bridgehead atoms. The zero-order valence-electron chi connectivity index (χ0n) is 28.2. The van der Waals surface area contributed by atoms with E-state index >= 15 is 0 Å². The van der Waals surface area contributed by atoms with Crippen LogP contribution < -0.4 is 0 Å². The van der Waals surface area contributed by atoms with E-state index in [1.807, 2.05) is 18.2 Å². The molecule has 244 valence electrons. The van der Waals surface area contributed by atoms with Crippen molar-refractivity contribution < 1.29 is 0 Å². The highest BCUT2D eigenvalue weighted by molar-refractivity contribution is 6.24. The van der Waals surface area contributed by atoms with E-state index in [9.17, 15) is 0 Å². The number of hydrogen-bond acceptors (Lipinski definition) is 3. The molecule has 11 rings (SSSR count). The second-order valence-electron chi connectivity index (χ2n) is 13.6. The summed E-state index contributed by atoms with van der Waals surface area (Å²) in [6.45, 7) is 0. The zero-order chi connectivity index (χ0) is 34.2. The quantitative estimate of drug-likeness (QED) is 0.184. The van der Waals surface area contributed by atoms with Crippen LogP contribution in [-0.2, 0) is 0 Å². The van der Waals surface area contributed by atoms with Gasteiger partial charge in [0.15, 0.2) is 17.5 Å². The Morgan fingerprint density at radius 2 is 1.25 bits per heavy atom. The number of rotatable bonds is 5. The van der Waals surface area contributed by atoms with Crippen LogP contribution in [0.4, 0.5) is 0 Å². The summed E-state index contributed by atoms with van der Waals surface area (Å²) in [5.41, 5.74) is 10.1. The van der Waals surface area contributed by atoms with Crippen molar-refractivity contribution in [2.45, 2.75) is 12.8 Å². The minimum absolute atomic E-state index is 0.661. The number of hydrogen-bond donors (Lipinski definition) is 0. The normalized spacial score (nSPS) is 14.1. The van der Waals surface area contributed by atoms with Gasteiger partial charge in [0.05, 0.1) is 22.1 Å². The van der Waals surface area contributed by atoms with Crippen molar-refractivity contribution in [1.82, 2.24) is 24.1 Å². The van der Waals surface area contributed by atoms with Crippen LogP contribution in [0.2, 0.25) is 0 Å². The summed E-state index contributed by atoms with van der Waals surface area (Å²) in [6.07, 6.45) is 14.9. The molecule has 0 fully saturated rings. The van der Waals surface area contributed by atoms with Gasteiger partial charge in [-0.1, -0.05) is 127 Å². The molecule has 2 aliphatic rings. The molecule has 9 aromatic rings. The second kappa shape index (κ2) is 11.3. The van der Waals surface area contributed by atoms with Crippen LogP contribution >= 0.6 is 0 Å². The number of para-hydroxylation sites is 1. The Morgan fingerprint density at radius 3 is 2.10 bits per heavy atom. The van der Waals surface area contributed by atoms with Gasteiger partial charge in [0.2, 0.25) is 0 Å². The maximum Gasteiger partial charge on any atom is 0.164 e. The van der Waals surface area contributed by atoms with Gasteiger partial charge in [-0.25, -0.2) is 15.0 Å². The number of allylic oxidation sites excluding steroid dienone is 8. The van der Waals surface area contributed by atoms with Crippen molar-refractivity contribution >= 4 is 65.7 Å². The summed E-state index contributed by atoms with van der Waals surface area (Å²) < 4.78 is 4.87. The summed E-state index contributed by atoms with van der Waals surface area (Å²) in [5.74, 6) is 2.05. The molecule has 5 heteroatoms. The van der Waals surface area contributed by atoms with Gasteiger partial charge < -0.3 is 9.13 Å². The molecular formula is C47H31N5. The predicted molar refractivity (Wildman–Crippen MR) is 215 cm³/mol. The molecule has 0 N–H and O–H groups in total. The Bertz CT molecular complexity index is 3060. The fourth-order valence-electron chi connectivity index (χ4n) is 8.16. The molecule has 0 saturated heterocycles. The van der Waals surface area contributed by atoms with E-state index in [0.29, 0.717) is 17.5 Å². The van der Waals surface area contributed by atoms with Crippen molar-refractivity contribution in [1.29, 1.82) is 0 Å². The van der Waals surface area contributed by atoms with Crippen LogP contribution in [0.15, 0.2) is 164 Å². The first-order chi connectivity index (χ1) is 25.8. The first kappa shape index (κ1) is 28.9. The van der Waals surface area contributed by atoms with Gasteiger partial charge in [-0.05, 0) is 54.6 Å². The average Bonchev–Trinajstić information content (AvgIpc) is 4.03. The Balaban J connectivity index is 1.17. The third-order valence-electron chi connectivity index (χ3n) is 10.5. The molecule has 3 aromatic heterocycles. The molecule has 0 unspecified atom stereocenters. The Labute approximate surface area is 299 Å². The SMILES string of the molecule is C1=CCC(c2nc(-c3ccccc3)nc(-c3cccc(-n4c5ccccc5c5cc6c7ccc8ccccc8c7n(C7=CCC=C7)c6cc54)c3)n2)=C1. The molecular weight excluding hydrogens is 635 g/mol. The molecule has 3 heterocycles. The van der Waals surface area contributed by atoms with E-state index in [-0.39, 0.29) is 0 Å². The first-order valence-electron chi connectivity index (χ1n) is 17.8. The zero-order valence-corrected chi connectivity index (χ0v) is 28.2. The third-order valence-corrected chi connectivity index (χ3v) is 10.5. The van der Waals surface area contributed by atoms with Crippen LogP contribution in [0.25, 0.3) is 94.1 Å². The van der Waals surface area contributed by atoms with Gasteiger partial charge in [-0.2, -0.15) is 0 Å². The molecule has 2 aliphatic carbocycles. The minimum Gasteiger partial charge on any atom is -0.309 e. The fraction of sp³-hybridized carbons (Fsp3) is 0.0426. The fourth-order valence-corrected chi connectivity index (χ4v) is 8.16. The van der Waals surface area contributed by atoms with E-state index in [1.165, 1.54) is 49.0 Å². The molecule has 0 spiro atoms. The van der Waals surface area contributed by atoms with Crippen molar-refractivity contribution in [3.05, 3.63) is 170 Å². The maximum atomic E-state index is 5.05. The van der Waals surface area contributed by atoms with E-state index < -0.39 is 0 Å². The Hall–Kier alpha value is -6.85. The summed E-state index contributed by atoms with van der Waals surface area (Å²) in [6, 6.07) is 45.6. The van der Waals surface area contributed by atoms with Crippen LogP contribution in [0.5, 0.6) is 0 Å². The molecule has 5 nitrogen and oxygen atoms in total. The van der Waals surface area contributed by atoms with Crippen LogP contribution in [-0.4, -0.2) is 24.1 Å². The molecule has 0 radical (unpaired) electrons. The molecule has 6 aromatic carbocycles. The van der Waals surface area contributed by atoms with Crippen LogP contribution in [0.1, 0.15) is 18.7 Å². The third kappa shape index (κ3) is 4.39. The number of aromatic nitrogens is 5. The number of nitrogens with zero attached hydrogens (tertiary/aromatic N) is 5. The summed E-state index contributed by atoms with van der Waals surface area (Å²) in [4.78, 5) is 15.0. The van der Waals surface area contributed by atoms with Gasteiger partial charge in [0.25, 0.3) is 0 Å². The summed E-state index contributed by atoms with van der Waals surface area (Å²) >= 11 is 0. The van der Waals surface area contributed by atoms with E-state index in [2.05, 4.69) is 155 Å². The highest BCUT2D eigenvalue weighted by Gasteiger charge is 2.21. The lowest BCUT2D eigenvalue weighted by atomic mass is 10.0. The predicted octanol–water partition coefficient (Wildman–Crippen LogP) is 11.7. The van der Waals surface area contributed by atoms with Crippen LogP contribution in [0.3, 0.4) is 0 Å². The van der Waals surface area contributed by atoms with Gasteiger partial charge in [-0.15, -0.1) is 0 Å².